The third kappa shape index (κ3) is 2.99. The zero-order chi connectivity index (χ0) is 13.8. The van der Waals surface area contributed by atoms with Crippen molar-refractivity contribution >= 4 is 11.4 Å². The molecule has 20 heavy (non-hydrogen) atoms. The Morgan fingerprint density at radius 3 is 2.65 bits per heavy atom. The summed E-state index contributed by atoms with van der Waals surface area (Å²) >= 11 is 0. The van der Waals surface area contributed by atoms with Crippen LogP contribution in [-0.4, -0.2) is 16.4 Å². The van der Waals surface area contributed by atoms with E-state index in [1.165, 1.54) is 16.8 Å². The Morgan fingerprint density at radius 1 is 1.00 bits per heavy atom. The Morgan fingerprint density at radius 2 is 1.85 bits per heavy atom. The predicted molar refractivity (Wildman–Crippen MR) is 82.3 cm³/mol. The Bertz CT molecular complexity index is 657. The average Bonchev–Trinajstić information content (AvgIpc) is 2.95. The van der Waals surface area contributed by atoms with Crippen LogP contribution in [0.3, 0.4) is 0 Å². The van der Waals surface area contributed by atoms with E-state index in [9.17, 15) is 0 Å². The van der Waals surface area contributed by atoms with E-state index in [2.05, 4.69) is 46.4 Å². The fraction of sp³-hybridized carbons (Fsp3) is 0.235. The quantitative estimate of drug-likeness (QED) is 0.831. The number of aromatic nitrogens is 1. The van der Waals surface area contributed by atoms with Gasteiger partial charge in [-0.25, -0.2) is 0 Å². The highest BCUT2D eigenvalue weighted by Crippen LogP contribution is 2.15. The van der Waals surface area contributed by atoms with E-state index in [0.29, 0.717) is 0 Å². The van der Waals surface area contributed by atoms with Crippen LogP contribution in [0.4, 0.5) is 0 Å². The van der Waals surface area contributed by atoms with Crippen LogP contribution in [0.5, 0.6) is 0 Å². The molecule has 0 atom stereocenters. The lowest BCUT2D eigenvalue weighted by molar-refractivity contribution is 1.02. The number of rotatable bonds is 4. The van der Waals surface area contributed by atoms with E-state index < -0.39 is 0 Å². The molecule has 0 saturated heterocycles. The van der Waals surface area contributed by atoms with Gasteiger partial charge in [0.25, 0.3) is 0 Å². The van der Waals surface area contributed by atoms with Crippen molar-refractivity contribution in [3.63, 3.8) is 0 Å². The van der Waals surface area contributed by atoms with Crippen LogP contribution >= 0.6 is 0 Å². The molecule has 0 spiro atoms. The summed E-state index contributed by atoms with van der Waals surface area (Å²) in [6.45, 7) is 2.13. The maximum atomic E-state index is 4.32. The van der Waals surface area contributed by atoms with Crippen molar-refractivity contribution in [2.45, 2.75) is 26.2 Å². The van der Waals surface area contributed by atoms with Gasteiger partial charge in [0.2, 0.25) is 0 Å². The topological polar surface area (TPSA) is 37.6 Å². The molecule has 0 bridgehead atoms. The molecule has 0 aliphatic carbocycles. The second-order valence-electron chi connectivity index (χ2n) is 5.11. The maximum Gasteiger partial charge on any atom is 0.0760 e. The average molecular weight is 263 g/mol. The van der Waals surface area contributed by atoms with E-state index in [0.717, 1.165) is 30.5 Å². The highest BCUT2D eigenvalue weighted by Gasteiger charge is 2.14. The van der Waals surface area contributed by atoms with Crippen molar-refractivity contribution in [2.24, 2.45) is 10.2 Å². The van der Waals surface area contributed by atoms with Crippen molar-refractivity contribution in [1.29, 1.82) is 0 Å². The van der Waals surface area contributed by atoms with Crippen molar-refractivity contribution in [1.82, 2.24) is 4.98 Å². The zero-order valence-electron chi connectivity index (χ0n) is 11.6. The van der Waals surface area contributed by atoms with E-state index in [-0.39, 0.29) is 0 Å². The Hall–Kier alpha value is -2.29. The Labute approximate surface area is 119 Å². The van der Waals surface area contributed by atoms with Crippen molar-refractivity contribution in [3.05, 3.63) is 65.5 Å². The lowest BCUT2D eigenvalue weighted by Gasteiger charge is -2.03. The molecule has 0 unspecified atom stereocenters. The fourth-order valence-electron chi connectivity index (χ4n) is 2.39. The molecule has 0 amide bonds. The third-order valence-corrected chi connectivity index (χ3v) is 3.48. The molecule has 1 aromatic heterocycles. The van der Waals surface area contributed by atoms with E-state index in [4.69, 9.17) is 0 Å². The van der Waals surface area contributed by atoms with Gasteiger partial charge in [0.05, 0.1) is 5.71 Å². The number of nitrogens with zero attached hydrogens (tertiary/aromatic N) is 3. The third-order valence-electron chi connectivity index (χ3n) is 3.48. The lowest BCUT2D eigenvalue weighted by atomic mass is 10.0. The number of benzene rings is 1. The van der Waals surface area contributed by atoms with Gasteiger partial charge in [-0.3, -0.25) is 4.98 Å². The molecule has 0 fully saturated rings. The standard InChI is InChI=1S/C17H17N3/c1-13-3-2-4-14(11-13)5-6-16-12-17(20-19-16)15-7-9-18-10-8-15/h2-4,7-11H,5-6,12H2,1H3. The molecule has 3 heteroatoms. The molecule has 100 valence electrons. The molecule has 3 rings (SSSR count). The van der Waals surface area contributed by atoms with E-state index in [1.807, 2.05) is 12.1 Å². The van der Waals surface area contributed by atoms with Crippen LogP contribution < -0.4 is 0 Å². The second-order valence-corrected chi connectivity index (χ2v) is 5.11. The van der Waals surface area contributed by atoms with Gasteiger partial charge in [0.15, 0.2) is 0 Å². The van der Waals surface area contributed by atoms with Crippen LogP contribution in [-0.2, 0) is 6.42 Å². The fourth-order valence-corrected chi connectivity index (χ4v) is 2.39. The molecule has 1 aliphatic heterocycles. The first-order chi connectivity index (χ1) is 9.81. The molecule has 3 nitrogen and oxygen atoms in total. The number of hydrogen-bond donors (Lipinski definition) is 0. The Kier molecular flexibility index (Phi) is 3.68. The van der Waals surface area contributed by atoms with Crippen LogP contribution in [0.25, 0.3) is 0 Å². The molecule has 2 aromatic rings. The van der Waals surface area contributed by atoms with Crippen LogP contribution in [0, 0.1) is 6.92 Å². The van der Waals surface area contributed by atoms with E-state index in [1.54, 1.807) is 12.4 Å². The Balaban J connectivity index is 1.57. The highest BCUT2D eigenvalue weighted by atomic mass is 15.2. The second kappa shape index (κ2) is 5.78. The summed E-state index contributed by atoms with van der Waals surface area (Å²) in [5.41, 5.74) is 6.01. The summed E-state index contributed by atoms with van der Waals surface area (Å²) in [4.78, 5) is 4.03. The van der Waals surface area contributed by atoms with Crippen molar-refractivity contribution < 1.29 is 0 Å². The van der Waals surface area contributed by atoms with Crippen molar-refractivity contribution in [3.8, 4) is 0 Å². The normalized spacial score (nSPS) is 14.1. The van der Waals surface area contributed by atoms with Gasteiger partial charge in [0, 0.05) is 30.1 Å². The molecule has 0 saturated carbocycles. The minimum Gasteiger partial charge on any atom is -0.265 e. The maximum absolute atomic E-state index is 4.32. The van der Waals surface area contributed by atoms with Gasteiger partial charge in [-0.2, -0.15) is 10.2 Å². The first-order valence-electron chi connectivity index (χ1n) is 6.89. The van der Waals surface area contributed by atoms with E-state index >= 15 is 0 Å². The summed E-state index contributed by atoms with van der Waals surface area (Å²) in [7, 11) is 0. The molecule has 1 aromatic carbocycles. The molecule has 2 heterocycles. The largest absolute Gasteiger partial charge is 0.265 e. The van der Waals surface area contributed by atoms with Gasteiger partial charge < -0.3 is 0 Å². The summed E-state index contributed by atoms with van der Waals surface area (Å²) in [5, 5.41) is 8.61. The molecule has 1 aliphatic rings. The minimum absolute atomic E-state index is 0.857. The number of pyridine rings is 1. The first kappa shape index (κ1) is 12.7. The minimum atomic E-state index is 0.857. The van der Waals surface area contributed by atoms with Gasteiger partial charge in [-0.1, -0.05) is 29.8 Å². The summed E-state index contributed by atoms with van der Waals surface area (Å²) in [6.07, 6.45) is 6.45. The molecular formula is C17H17N3. The van der Waals surface area contributed by atoms with Crippen LogP contribution in [0.2, 0.25) is 0 Å². The summed E-state index contributed by atoms with van der Waals surface area (Å²) < 4.78 is 0. The first-order valence-corrected chi connectivity index (χ1v) is 6.89. The number of aryl methyl sites for hydroxylation is 2. The van der Waals surface area contributed by atoms with Gasteiger partial charge in [0.1, 0.15) is 0 Å². The number of hydrogen-bond acceptors (Lipinski definition) is 3. The molecule has 0 N–H and O–H groups in total. The highest BCUT2D eigenvalue weighted by molar-refractivity contribution is 6.15. The molecular weight excluding hydrogens is 246 g/mol. The van der Waals surface area contributed by atoms with Gasteiger partial charge >= 0.3 is 0 Å². The molecule has 0 radical (unpaired) electrons. The SMILES string of the molecule is Cc1cccc(CCC2=NN=C(c3ccncc3)C2)c1. The predicted octanol–water partition coefficient (Wildman–Crippen LogP) is 3.57. The van der Waals surface area contributed by atoms with Crippen LogP contribution in [0.15, 0.2) is 59.0 Å². The monoisotopic (exact) mass is 263 g/mol. The van der Waals surface area contributed by atoms with Crippen molar-refractivity contribution in [2.75, 3.05) is 0 Å². The zero-order valence-corrected chi connectivity index (χ0v) is 11.6. The lowest BCUT2D eigenvalue weighted by Crippen LogP contribution is -2.05. The van der Waals surface area contributed by atoms with Crippen LogP contribution in [0.1, 0.15) is 29.5 Å². The summed E-state index contributed by atoms with van der Waals surface area (Å²) in [6, 6.07) is 12.6. The smallest absolute Gasteiger partial charge is 0.0760 e. The van der Waals surface area contributed by atoms with Gasteiger partial charge in [-0.05, 0) is 37.5 Å². The van der Waals surface area contributed by atoms with Gasteiger partial charge in [-0.15, -0.1) is 0 Å². The summed E-state index contributed by atoms with van der Waals surface area (Å²) in [5.74, 6) is 0.